The van der Waals surface area contributed by atoms with E-state index in [2.05, 4.69) is 57.4 Å². The fourth-order valence-corrected chi connectivity index (χ4v) is 5.45. The average molecular weight is 564 g/mol. The number of piperazine rings is 1. The van der Waals surface area contributed by atoms with Gasteiger partial charge in [0.05, 0.1) is 6.54 Å². The lowest BCUT2D eigenvalue weighted by atomic mass is 10.0. The highest BCUT2D eigenvalue weighted by atomic mass is 127. The maximum Gasteiger partial charge on any atom is 0.247 e. The lowest BCUT2D eigenvalue weighted by Crippen LogP contribution is -2.52. The van der Waals surface area contributed by atoms with Crippen molar-refractivity contribution in [1.82, 2.24) is 15.1 Å². The number of hydrogen-bond donors (Lipinski definition) is 2. The molecule has 7 nitrogen and oxygen atoms in total. The lowest BCUT2D eigenvalue weighted by Gasteiger charge is -2.40. The summed E-state index contributed by atoms with van der Waals surface area (Å²) < 4.78 is 23.0. The van der Waals surface area contributed by atoms with E-state index in [9.17, 15) is 8.42 Å². The van der Waals surface area contributed by atoms with Gasteiger partial charge in [-0.25, -0.2) is 13.6 Å². The number of guanidine groups is 1. The number of thiophene rings is 1. The number of primary sulfonamides is 1. The van der Waals surface area contributed by atoms with E-state index in [4.69, 9.17) is 5.14 Å². The molecule has 3 N–H and O–H groups in total. The van der Waals surface area contributed by atoms with E-state index in [1.54, 1.807) is 19.2 Å². The molecule has 10 heteroatoms. The number of benzene rings is 1. The minimum Gasteiger partial charge on any atom is -0.351 e. The molecule has 0 saturated carbocycles. The summed E-state index contributed by atoms with van der Waals surface area (Å²) in [4.78, 5) is 10.1. The van der Waals surface area contributed by atoms with Crippen LogP contribution in [0.4, 0.5) is 0 Å². The van der Waals surface area contributed by atoms with Crippen molar-refractivity contribution in [2.45, 2.75) is 30.1 Å². The molecule has 0 radical (unpaired) electrons. The van der Waals surface area contributed by atoms with Gasteiger partial charge >= 0.3 is 0 Å². The fourth-order valence-electron chi connectivity index (χ4n) is 3.73. The highest BCUT2D eigenvalue weighted by Crippen LogP contribution is 2.25. The van der Waals surface area contributed by atoms with E-state index < -0.39 is 10.0 Å². The molecule has 0 spiro atoms. The van der Waals surface area contributed by atoms with Crippen LogP contribution in [0, 0.1) is 0 Å². The molecule has 1 aromatic carbocycles. The van der Waals surface area contributed by atoms with E-state index in [0.29, 0.717) is 12.6 Å². The van der Waals surface area contributed by atoms with E-state index in [0.717, 1.165) is 43.4 Å². The first-order valence-electron chi connectivity index (χ1n) is 9.78. The van der Waals surface area contributed by atoms with Crippen LogP contribution >= 0.6 is 35.3 Å². The van der Waals surface area contributed by atoms with Crippen LogP contribution in [0.3, 0.4) is 0 Å². The highest BCUT2D eigenvalue weighted by Gasteiger charge is 2.25. The number of rotatable bonds is 6. The van der Waals surface area contributed by atoms with Crippen molar-refractivity contribution in [3.63, 3.8) is 0 Å². The Balaban J connectivity index is 0.00000320. The van der Waals surface area contributed by atoms with Crippen LogP contribution < -0.4 is 10.5 Å². The van der Waals surface area contributed by atoms with Crippen molar-refractivity contribution < 1.29 is 8.42 Å². The molecule has 2 heterocycles. The summed E-state index contributed by atoms with van der Waals surface area (Å²) in [7, 11) is -1.87. The number of sulfonamides is 1. The number of halogens is 1. The summed E-state index contributed by atoms with van der Waals surface area (Å²) in [6.07, 6.45) is 1.09. The van der Waals surface area contributed by atoms with Crippen LogP contribution in [0.2, 0.25) is 0 Å². The van der Waals surface area contributed by atoms with Gasteiger partial charge in [0.1, 0.15) is 4.21 Å². The number of nitrogens with zero attached hydrogens (tertiary/aromatic N) is 3. The maximum atomic E-state index is 11.4. The summed E-state index contributed by atoms with van der Waals surface area (Å²) >= 11 is 1.19. The lowest BCUT2D eigenvalue weighted by molar-refractivity contribution is 0.127. The maximum absolute atomic E-state index is 11.4. The molecule has 1 unspecified atom stereocenters. The zero-order valence-electron chi connectivity index (χ0n) is 17.3. The molecular formula is C20H30IN5O2S2. The van der Waals surface area contributed by atoms with Crippen molar-refractivity contribution in [2.75, 3.05) is 33.2 Å². The predicted molar refractivity (Wildman–Crippen MR) is 134 cm³/mol. The highest BCUT2D eigenvalue weighted by molar-refractivity contribution is 14.0. The monoisotopic (exact) mass is 563 g/mol. The van der Waals surface area contributed by atoms with E-state index >= 15 is 0 Å². The first kappa shape index (κ1) is 25.1. The summed E-state index contributed by atoms with van der Waals surface area (Å²) in [6, 6.07) is 14.5. The van der Waals surface area contributed by atoms with Gasteiger partial charge in [-0.1, -0.05) is 37.3 Å². The smallest absolute Gasteiger partial charge is 0.247 e. The molecule has 1 aromatic heterocycles. The minimum atomic E-state index is -3.64. The molecule has 1 aliphatic heterocycles. The van der Waals surface area contributed by atoms with Gasteiger partial charge in [-0.05, 0) is 24.1 Å². The third-order valence-electron chi connectivity index (χ3n) is 5.18. The molecule has 1 atom stereocenters. The van der Waals surface area contributed by atoms with Crippen molar-refractivity contribution in [3.8, 4) is 0 Å². The van der Waals surface area contributed by atoms with E-state index in [-0.39, 0.29) is 28.2 Å². The fraction of sp³-hybridized carbons (Fsp3) is 0.450. The SMILES string of the molecule is CCC(c1ccccc1)N1CCN(C(=NC)NCc2ccc(S(N)(=O)=O)s2)CC1.I. The van der Waals surface area contributed by atoms with Gasteiger partial charge < -0.3 is 10.2 Å². The third-order valence-corrected chi connectivity index (χ3v) is 7.70. The Morgan fingerprint density at radius 2 is 1.83 bits per heavy atom. The summed E-state index contributed by atoms with van der Waals surface area (Å²) in [5, 5.41) is 8.53. The molecule has 1 fully saturated rings. The predicted octanol–water partition coefficient (Wildman–Crippen LogP) is 2.86. The molecule has 1 aliphatic rings. The normalized spacial score (nSPS) is 16.8. The van der Waals surface area contributed by atoms with Gasteiger partial charge in [0.2, 0.25) is 10.0 Å². The molecule has 1 saturated heterocycles. The Labute approximate surface area is 200 Å². The van der Waals surface area contributed by atoms with E-state index in [1.165, 1.54) is 16.9 Å². The second-order valence-electron chi connectivity index (χ2n) is 7.02. The van der Waals surface area contributed by atoms with Crippen molar-refractivity contribution in [1.29, 1.82) is 0 Å². The molecule has 0 bridgehead atoms. The second kappa shape index (κ2) is 11.4. The van der Waals surface area contributed by atoms with Crippen LogP contribution in [0.1, 0.15) is 29.8 Å². The van der Waals surface area contributed by atoms with Crippen molar-refractivity contribution >= 4 is 51.3 Å². The molecule has 0 aliphatic carbocycles. The first-order chi connectivity index (χ1) is 13.9. The van der Waals surface area contributed by atoms with Gasteiger partial charge in [0.15, 0.2) is 5.96 Å². The minimum absolute atomic E-state index is 0. The largest absolute Gasteiger partial charge is 0.351 e. The quantitative estimate of drug-likeness (QED) is 0.321. The van der Waals surface area contributed by atoms with Gasteiger partial charge in [-0.3, -0.25) is 9.89 Å². The summed E-state index contributed by atoms with van der Waals surface area (Å²) in [5.41, 5.74) is 1.37. The van der Waals surface area contributed by atoms with Crippen molar-refractivity contribution in [2.24, 2.45) is 10.1 Å². The van der Waals surface area contributed by atoms with Crippen LogP contribution in [0.25, 0.3) is 0 Å². The molecule has 2 aromatic rings. The summed E-state index contributed by atoms with van der Waals surface area (Å²) in [5.74, 6) is 0.836. The second-order valence-corrected chi connectivity index (χ2v) is 9.98. The van der Waals surface area contributed by atoms with Crippen LogP contribution in [-0.4, -0.2) is 57.4 Å². The van der Waals surface area contributed by atoms with Crippen LogP contribution in [0.5, 0.6) is 0 Å². The van der Waals surface area contributed by atoms with Gasteiger partial charge in [-0.2, -0.15) is 0 Å². The van der Waals surface area contributed by atoms with Crippen LogP contribution in [-0.2, 0) is 16.6 Å². The molecular weight excluding hydrogens is 533 g/mol. The van der Waals surface area contributed by atoms with Gasteiger partial charge in [-0.15, -0.1) is 35.3 Å². The van der Waals surface area contributed by atoms with Crippen LogP contribution in [0.15, 0.2) is 51.7 Å². The molecule has 166 valence electrons. The first-order valence-corrected chi connectivity index (χ1v) is 12.1. The zero-order valence-corrected chi connectivity index (χ0v) is 21.3. The van der Waals surface area contributed by atoms with E-state index in [1.807, 2.05) is 0 Å². The Morgan fingerprint density at radius 3 is 2.37 bits per heavy atom. The van der Waals surface area contributed by atoms with Crippen molar-refractivity contribution in [3.05, 3.63) is 52.9 Å². The average Bonchev–Trinajstić information content (AvgIpc) is 3.20. The number of hydrogen-bond acceptors (Lipinski definition) is 5. The molecule has 0 amide bonds. The Kier molecular flexibility index (Phi) is 9.54. The van der Waals surface area contributed by atoms with Gasteiger partial charge in [0, 0.05) is 44.1 Å². The number of nitrogens with one attached hydrogen (secondary N) is 1. The van der Waals surface area contributed by atoms with Gasteiger partial charge in [0.25, 0.3) is 0 Å². The number of nitrogens with two attached hydrogens (primary N) is 1. The number of aliphatic imine (C=N–C) groups is 1. The topological polar surface area (TPSA) is 91.0 Å². The Morgan fingerprint density at radius 1 is 1.17 bits per heavy atom. The Bertz CT molecular complexity index is 926. The molecule has 30 heavy (non-hydrogen) atoms. The Hall–Kier alpha value is -1.21. The molecule has 3 rings (SSSR count). The third kappa shape index (κ3) is 6.39. The zero-order chi connectivity index (χ0) is 20.9. The summed E-state index contributed by atoms with van der Waals surface area (Å²) in [6.45, 7) is 6.51. The standard InChI is InChI=1S/C20H29N5O2S2.HI/c1-3-18(16-7-5-4-6-8-16)24-11-13-25(14-12-24)20(22-2)23-15-17-9-10-19(28-17)29(21,26)27;/h4-10,18H,3,11-15H2,1-2H3,(H,22,23)(H2,21,26,27);1H.